The molecule has 3 atom stereocenters. The van der Waals surface area contributed by atoms with Gasteiger partial charge in [-0.25, -0.2) is 0 Å². The highest BCUT2D eigenvalue weighted by atomic mass is 16.3. The van der Waals surface area contributed by atoms with E-state index >= 15 is 0 Å². The second kappa shape index (κ2) is 5.05. The zero-order valence-corrected chi connectivity index (χ0v) is 10.8. The second-order valence-corrected chi connectivity index (χ2v) is 6.03. The first-order valence-corrected chi connectivity index (χ1v) is 7.07. The molecule has 2 heteroatoms. The van der Waals surface area contributed by atoms with Gasteiger partial charge in [0.1, 0.15) is 0 Å². The largest absolute Gasteiger partial charge is 0.396 e. The van der Waals surface area contributed by atoms with Gasteiger partial charge in [0.05, 0.1) is 0 Å². The molecule has 16 heavy (non-hydrogen) atoms. The molecule has 0 radical (unpaired) electrons. The van der Waals surface area contributed by atoms with Crippen LogP contribution in [-0.4, -0.2) is 24.3 Å². The lowest BCUT2D eigenvalue weighted by molar-refractivity contribution is 0.106. The minimum absolute atomic E-state index is 0.127. The van der Waals surface area contributed by atoms with Gasteiger partial charge in [-0.15, -0.1) is 0 Å². The highest BCUT2D eigenvalue weighted by Gasteiger charge is 2.40. The summed E-state index contributed by atoms with van der Waals surface area (Å²) < 4.78 is 0. The molecule has 0 heterocycles. The molecule has 2 aliphatic rings. The van der Waals surface area contributed by atoms with Crippen molar-refractivity contribution in [2.24, 2.45) is 17.3 Å². The van der Waals surface area contributed by atoms with Gasteiger partial charge in [0.2, 0.25) is 0 Å². The van der Waals surface area contributed by atoms with Gasteiger partial charge >= 0.3 is 0 Å². The Bertz CT molecular complexity index is 217. The summed E-state index contributed by atoms with van der Waals surface area (Å²) in [5, 5.41) is 13.3. The van der Waals surface area contributed by atoms with Crippen molar-refractivity contribution < 1.29 is 5.11 Å². The van der Waals surface area contributed by atoms with E-state index in [4.69, 9.17) is 0 Å². The lowest BCUT2D eigenvalue weighted by Crippen LogP contribution is -2.43. The van der Waals surface area contributed by atoms with Gasteiger partial charge in [-0.1, -0.05) is 20.3 Å². The maximum atomic E-state index is 9.54. The highest BCUT2D eigenvalue weighted by Crippen LogP contribution is 2.44. The number of hydrogen-bond donors (Lipinski definition) is 2. The normalized spacial score (nSPS) is 33.6. The Morgan fingerprint density at radius 3 is 2.38 bits per heavy atom. The smallest absolute Gasteiger partial charge is 0.0499 e. The predicted octanol–water partition coefficient (Wildman–Crippen LogP) is 2.56. The standard InChI is InChI=1S/C14H27NO/c1-3-14(4-2,10-16)9-15-13-8-11-5-6-12(13)7-11/h11-13,15-16H,3-10H2,1-2H3. The third kappa shape index (κ3) is 2.28. The monoisotopic (exact) mass is 225 g/mol. The van der Waals surface area contributed by atoms with E-state index in [1.807, 2.05) is 0 Å². The maximum Gasteiger partial charge on any atom is 0.0499 e. The summed E-state index contributed by atoms with van der Waals surface area (Å²) in [6.45, 7) is 5.72. The van der Waals surface area contributed by atoms with E-state index in [2.05, 4.69) is 19.2 Å². The molecule has 2 fully saturated rings. The van der Waals surface area contributed by atoms with Gasteiger partial charge in [-0.05, 0) is 43.9 Å². The van der Waals surface area contributed by atoms with Crippen LogP contribution < -0.4 is 5.32 Å². The van der Waals surface area contributed by atoms with E-state index in [9.17, 15) is 5.11 Å². The van der Waals surface area contributed by atoms with E-state index in [0.717, 1.165) is 37.3 Å². The molecule has 2 bridgehead atoms. The van der Waals surface area contributed by atoms with Crippen molar-refractivity contribution in [2.45, 2.75) is 58.4 Å². The van der Waals surface area contributed by atoms with E-state index in [1.165, 1.54) is 25.7 Å². The van der Waals surface area contributed by atoms with Crippen molar-refractivity contribution in [1.82, 2.24) is 5.32 Å². The Labute approximate surface area is 99.8 Å². The van der Waals surface area contributed by atoms with Crippen molar-refractivity contribution >= 4 is 0 Å². The molecule has 0 amide bonds. The van der Waals surface area contributed by atoms with Gasteiger partial charge in [-0.2, -0.15) is 0 Å². The molecule has 94 valence electrons. The van der Waals surface area contributed by atoms with Crippen LogP contribution >= 0.6 is 0 Å². The first-order chi connectivity index (χ1) is 7.73. The van der Waals surface area contributed by atoms with Crippen LogP contribution in [0.15, 0.2) is 0 Å². The van der Waals surface area contributed by atoms with E-state index in [1.54, 1.807) is 0 Å². The van der Waals surface area contributed by atoms with Crippen LogP contribution in [0.1, 0.15) is 52.4 Å². The summed E-state index contributed by atoms with van der Waals surface area (Å²) in [4.78, 5) is 0. The number of fused-ring (bicyclic) bond motifs is 2. The topological polar surface area (TPSA) is 32.3 Å². The first kappa shape index (κ1) is 12.4. The van der Waals surface area contributed by atoms with E-state index in [-0.39, 0.29) is 5.41 Å². The Kier molecular flexibility index (Phi) is 3.91. The molecule has 2 N–H and O–H groups in total. The second-order valence-electron chi connectivity index (χ2n) is 6.03. The summed E-state index contributed by atoms with van der Waals surface area (Å²) in [6, 6.07) is 0.753. The molecule has 0 saturated heterocycles. The minimum Gasteiger partial charge on any atom is -0.396 e. The van der Waals surface area contributed by atoms with Gasteiger partial charge in [0.15, 0.2) is 0 Å². The molecule has 0 aromatic rings. The molecular formula is C14H27NO. The van der Waals surface area contributed by atoms with Gasteiger partial charge in [-0.3, -0.25) is 0 Å². The average molecular weight is 225 g/mol. The Morgan fingerprint density at radius 1 is 1.19 bits per heavy atom. The number of nitrogens with one attached hydrogen (secondary N) is 1. The van der Waals surface area contributed by atoms with Crippen LogP contribution in [0.4, 0.5) is 0 Å². The summed E-state index contributed by atoms with van der Waals surface area (Å²) in [5.41, 5.74) is 0.127. The zero-order chi connectivity index (χ0) is 11.6. The Morgan fingerprint density at radius 2 is 1.94 bits per heavy atom. The Balaban J connectivity index is 1.82. The third-order valence-electron chi connectivity index (χ3n) is 5.31. The fraction of sp³-hybridized carbons (Fsp3) is 1.00. The quantitative estimate of drug-likeness (QED) is 0.728. The van der Waals surface area contributed by atoms with Gasteiger partial charge in [0.25, 0.3) is 0 Å². The third-order valence-corrected chi connectivity index (χ3v) is 5.31. The van der Waals surface area contributed by atoms with Crippen LogP contribution in [0, 0.1) is 17.3 Å². The maximum absolute atomic E-state index is 9.54. The van der Waals surface area contributed by atoms with Gasteiger partial charge in [0, 0.05) is 24.6 Å². The molecule has 2 aliphatic carbocycles. The first-order valence-electron chi connectivity index (χ1n) is 7.07. The summed E-state index contributed by atoms with van der Waals surface area (Å²) in [5.74, 6) is 1.95. The van der Waals surface area contributed by atoms with Crippen LogP contribution in [0.3, 0.4) is 0 Å². The van der Waals surface area contributed by atoms with Crippen molar-refractivity contribution in [3.05, 3.63) is 0 Å². The molecule has 2 rings (SSSR count). The lowest BCUT2D eigenvalue weighted by Gasteiger charge is -2.33. The van der Waals surface area contributed by atoms with Crippen LogP contribution in [0.5, 0.6) is 0 Å². The fourth-order valence-electron chi connectivity index (χ4n) is 3.62. The zero-order valence-electron chi connectivity index (χ0n) is 10.8. The molecule has 2 nitrogen and oxygen atoms in total. The van der Waals surface area contributed by atoms with Crippen LogP contribution in [0.2, 0.25) is 0 Å². The lowest BCUT2D eigenvalue weighted by atomic mass is 9.82. The van der Waals surface area contributed by atoms with Crippen molar-refractivity contribution in [3.63, 3.8) is 0 Å². The van der Waals surface area contributed by atoms with Crippen LogP contribution in [-0.2, 0) is 0 Å². The number of hydrogen-bond acceptors (Lipinski definition) is 2. The van der Waals surface area contributed by atoms with Crippen molar-refractivity contribution in [1.29, 1.82) is 0 Å². The molecule has 0 aliphatic heterocycles. The van der Waals surface area contributed by atoms with E-state index < -0.39 is 0 Å². The van der Waals surface area contributed by atoms with Crippen molar-refractivity contribution in [3.8, 4) is 0 Å². The molecular weight excluding hydrogens is 198 g/mol. The molecule has 3 unspecified atom stereocenters. The number of rotatable bonds is 6. The predicted molar refractivity (Wildman–Crippen MR) is 67.3 cm³/mol. The molecule has 0 spiro atoms. The molecule has 2 saturated carbocycles. The van der Waals surface area contributed by atoms with Gasteiger partial charge < -0.3 is 10.4 Å². The average Bonchev–Trinajstić information content (AvgIpc) is 2.93. The number of aliphatic hydroxyl groups is 1. The summed E-state index contributed by atoms with van der Waals surface area (Å²) in [7, 11) is 0. The molecule has 0 aromatic carbocycles. The van der Waals surface area contributed by atoms with Crippen LogP contribution in [0.25, 0.3) is 0 Å². The highest BCUT2D eigenvalue weighted by molar-refractivity contribution is 4.95. The summed E-state index contributed by atoms with van der Waals surface area (Å²) in [6.07, 6.45) is 7.91. The summed E-state index contributed by atoms with van der Waals surface area (Å²) >= 11 is 0. The molecule has 0 aromatic heterocycles. The SMILES string of the molecule is CCC(CC)(CO)CNC1CC2CCC1C2. The Hall–Kier alpha value is -0.0800. The fourth-order valence-corrected chi connectivity index (χ4v) is 3.62. The number of aliphatic hydroxyl groups excluding tert-OH is 1. The van der Waals surface area contributed by atoms with E-state index in [0.29, 0.717) is 6.61 Å². The van der Waals surface area contributed by atoms with Crippen molar-refractivity contribution in [2.75, 3.05) is 13.2 Å². The minimum atomic E-state index is 0.127.